The van der Waals surface area contributed by atoms with Gasteiger partial charge in [-0.3, -0.25) is 0 Å². The van der Waals surface area contributed by atoms with Crippen LogP contribution in [0.5, 0.6) is 0 Å². The molecule has 0 bridgehead atoms. The smallest absolute Gasteiger partial charge is 0.0124 e. The average Bonchev–Trinajstić information content (AvgIpc) is 2.05. The molecule has 2 atom stereocenters. The number of rotatable bonds is 3. The molecule has 2 N–H and O–H groups in total. The van der Waals surface area contributed by atoms with E-state index in [1.165, 1.54) is 51.6 Å². The van der Waals surface area contributed by atoms with Crippen molar-refractivity contribution in [2.24, 2.45) is 11.7 Å². The summed E-state index contributed by atoms with van der Waals surface area (Å²) in [5.74, 6) is 0.916. The van der Waals surface area contributed by atoms with Crippen LogP contribution in [0, 0.1) is 5.92 Å². The van der Waals surface area contributed by atoms with Crippen LogP contribution < -0.4 is 5.73 Å². The Morgan fingerprint density at radius 2 is 1.85 bits per heavy atom. The summed E-state index contributed by atoms with van der Waals surface area (Å²) < 4.78 is 0. The molecular formula is C11H22N2. The standard InChI is InChI=1S/C11H22N2/c12-7-6-10-4-1-2-5-11(10)13-8-3-9-13/h10-11H,1-9,12H2. The molecule has 0 aromatic carbocycles. The summed E-state index contributed by atoms with van der Waals surface area (Å²) in [5, 5.41) is 0. The number of nitrogens with zero attached hydrogens (tertiary/aromatic N) is 1. The topological polar surface area (TPSA) is 29.3 Å². The molecule has 1 aliphatic heterocycles. The molecule has 1 saturated carbocycles. The molecule has 0 amide bonds. The maximum absolute atomic E-state index is 5.66. The Hall–Kier alpha value is -0.0800. The zero-order valence-electron chi connectivity index (χ0n) is 8.54. The molecule has 2 nitrogen and oxygen atoms in total. The first-order valence-corrected chi connectivity index (χ1v) is 5.86. The molecule has 2 aliphatic rings. The summed E-state index contributed by atoms with van der Waals surface area (Å²) in [5.41, 5.74) is 5.66. The molecule has 2 unspecified atom stereocenters. The lowest BCUT2D eigenvalue weighted by Gasteiger charge is -2.44. The van der Waals surface area contributed by atoms with E-state index in [2.05, 4.69) is 4.90 Å². The Morgan fingerprint density at radius 3 is 2.46 bits per heavy atom. The van der Waals surface area contributed by atoms with Gasteiger partial charge in [0.15, 0.2) is 0 Å². The Morgan fingerprint density at radius 1 is 1.08 bits per heavy atom. The van der Waals surface area contributed by atoms with Gasteiger partial charge in [0, 0.05) is 6.04 Å². The third-order valence-corrected chi connectivity index (χ3v) is 3.77. The summed E-state index contributed by atoms with van der Waals surface area (Å²) >= 11 is 0. The van der Waals surface area contributed by atoms with Crippen molar-refractivity contribution in [3.05, 3.63) is 0 Å². The predicted molar refractivity (Wildman–Crippen MR) is 55.6 cm³/mol. The monoisotopic (exact) mass is 182 g/mol. The maximum atomic E-state index is 5.66. The van der Waals surface area contributed by atoms with Gasteiger partial charge in [-0.05, 0) is 51.2 Å². The minimum absolute atomic E-state index is 0.884. The van der Waals surface area contributed by atoms with Crippen molar-refractivity contribution in [1.29, 1.82) is 0 Å². The van der Waals surface area contributed by atoms with Crippen molar-refractivity contribution in [3.8, 4) is 0 Å². The second-order valence-corrected chi connectivity index (χ2v) is 4.58. The number of nitrogens with two attached hydrogens (primary N) is 1. The van der Waals surface area contributed by atoms with Crippen LogP contribution in [0.15, 0.2) is 0 Å². The summed E-state index contributed by atoms with van der Waals surface area (Å²) in [6.45, 7) is 3.59. The van der Waals surface area contributed by atoms with E-state index in [9.17, 15) is 0 Å². The van der Waals surface area contributed by atoms with Crippen molar-refractivity contribution in [1.82, 2.24) is 4.90 Å². The van der Waals surface area contributed by atoms with Crippen molar-refractivity contribution in [2.75, 3.05) is 19.6 Å². The molecule has 0 radical (unpaired) electrons. The van der Waals surface area contributed by atoms with Gasteiger partial charge in [-0.15, -0.1) is 0 Å². The number of hydrogen-bond donors (Lipinski definition) is 1. The summed E-state index contributed by atoms with van der Waals surface area (Å²) in [6.07, 6.45) is 8.42. The fourth-order valence-electron chi connectivity index (χ4n) is 2.89. The van der Waals surface area contributed by atoms with Gasteiger partial charge >= 0.3 is 0 Å². The lowest BCUT2D eigenvalue weighted by atomic mass is 9.80. The van der Waals surface area contributed by atoms with Crippen LogP contribution in [0.1, 0.15) is 38.5 Å². The Kier molecular flexibility index (Phi) is 3.23. The highest BCUT2D eigenvalue weighted by Gasteiger charge is 2.31. The minimum Gasteiger partial charge on any atom is -0.330 e. The zero-order valence-corrected chi connectivity index (χ0v) is 8.54. The van der Waals surface area contributed by atoms with Crippen LogP contribution in [-0.4, -0.2) is 30.6 Å². The van der Waals surface area contributed by atoms with E-state index in [0.29, 0.717) is 0 Å². The lowest BCUT2D eigenvalue weighted by Crippen LogP contribution is -2.50. The van der Waals surface area contributed by atoms with Gasteiger partial charge in [-0.1, -0.05) is 12.8 Å². The van der Waals surface area contributed by atoms with Crippen LogP contribution in [0.25, 0.3) is 0 Å². The van der Waals surface area contributed by atoms with Gasteiger partial charge in [0.05, 0.1) is 0 Å². The molecule has 0 aromatic rings. The largest absolute Gasteiger partial charge is 0.330 e. The molecule has 1 saturated heterocycles. The Bertz CT molecular complexity index is 152. The second kappa shape index (κ2) is 4.43. The second-order valence-electron chi connectivity index (χ2n) is 4.58. The molecule has 1 aliphatic carbocycles. The molecule has 2 fully saturated rings. The first-order chi connectivity index (χ1) is 6.42. The van der Waals surface area contributed by atoms with Crippen LogP contribution in [0.3, 0.4) is 0 Å². The normalized spacial score (nSPS) is 35.8. The molecule has 2 rings (SSSR count). The van der Waals surface area contributed by atoms with Crippen LogP contribution in [0.4, 0.5) is 0 Å². The van der Waals surface area contributed by atoms with Gasteiger partial charge in [0.2, 0.25) is 0 Å². The molecule has 76 valence electrons. The highest BCUT2D eigenvalue weighted by Crippen LogP contribution is 2.32. The highest BCUT2D eigenvalue weighted by atomic mass is 15.2. The van der Waals surface area contributed by atoms with Crippen LogP contribution >= 0.6 is 0 Å². The van der Waals surface area contributed by atoms with E-state index >= 15 is 0 Å². The van der Waals surface area contributed by atoms with Gasteiger partial charge in [0.25, 0.3) is 0 Å². The predicted octanol–water partition coefficient (Wildman–Crippen LogP) is 1.60. The molecule has 1 heterocycles. The van der Waals surface area contributed by atoms with Gasteiger partial charge < -0.3 is 10.6 Å². The fourth-order valence-corrected chi connectivity index (χ4v) is 2.89. The van der Waals surface area contributed by atoms with E-state index in [0.717, 1.165) is 18.5 Å². The third-order valence-electron chi connectivity index (χ3n) is 3.77. The van der Waals surface area contributed by atoms with E-state index in [1.807, 2.05) is 0 Å². The first-order valence-electron chi connectivity index (χ1n) is 5.86. The van der Waals surface area contributed by atoms with Crippen molar-refractivity contribution < 1.29 is 0 Å². The van der Waals surface area contributed by atoms with Gasteiger partial charge in [0.1, 0.15) is 0 Å². The molecule has 0 aromatic heterocycles. The quantitative estimate of drug-likeness (QED) is 0.718. The zero-order chi connectivity index (χ0) is 9.10. The first kappa shape index (κ1) is 9.47. The Balaban J connectivity index is 1.87. The SMILES string of the molecule is NCCC1CCCCC1N1CCC1. The van der Waals surface area contributed by atoms with Crippen molar-refractivity contribution >= 4 is 0 Å². The van der Waals surface area contributed by atoms with E-state index in [-0.39, 0.29) is 0 Å². The van der Waals surface area contributed by atoms with Gasteiger partial charge in [-0.2, -0.15) is 0 Å². The number of likely N-dealkylation sites (tertiary alicyclic amines) is 1. The summed E-state index contributed by atoms with van der Waals surface area (Å²) in [4.78, 5) is 2.68. The van der Waals surface area contributed by atoms with Crippen molar-refractivity contribution in [3.63, 3.8) is 0 Å². The molecule has 13 heavy (non-hydrogen) atoms. The third kappa shape index (κ3) is 2.05. The molecular weight excluding hydrogens is 160 g/mol. The average molecular weight is 182 g/mol. The minimum atomic E-state index is 0.884. The molecule has 2 heteroatoms. The highest BCUT2D eigenvalue weighted by molar-refractivity contribution is 4.86. The van der Waals surface area contributed by atoms with Crippen molar-refractivity contribution in [2.45, 2.75) is 44.6 Å². The fraction of sp³-hybridized carbons (Fsp3) is 1.00. The van der Waals surface area contributed by atoms with Crippen LogP contribution in [0.2, 0.25) is 0 Å². The summed E-state index contributed by atoms with van der Waals surface area (Å²) in [6, 6.07) is 0.894. The van der Waals surface area contributed by atoms with E-state index in [1.54, 1.807) is 0 Å². The lowest BCUT2D eigenvalue weighted by molar-refractivity contribution is 0.0493. The summed E-state index contributed by atoms with van der Waals surface area (Å²) in [7, 11) is 0. The van der Waals surface area contributed by atoms with Gasteiger partial charge in [-0.25, -0.2) is 0 Å². The van der Waals surface area contributed by atoms with E-state index < -0.39 is 0 Å². The molecule has 0 spiro atoms. The Labute approximate surface area is 81.5 Å². The maximum Gasteiger partial charge on any atom is 0.0124 e. The number of hydrogen-bond acceptors (Lipinski definition) is 2. The van der Waals surface area contributed by atoms with E-state index in [4.69, 9.17) is 5.73 Å². The van der Waals surface area contributed by atoms with Crippen LogP contribution in [-0.2, 0) is 0 Å².